The topological polar surface area (TPSA) is 58.7 Å². The van der Waals surface area contributed by atoms with Crippen LogP contribution in [0.4, 0.5) is 11.4 Å². The second-order valence-electron chi connectivity index (χ2n) is 4.10. The van der Waals surface area contributed by atoms with Crippen molar-refractivity contribution in [2.45, 2.75) is 6.92 Å². The summed E-state index contributed by atoms with van der Waals surface area (Å²) in [5.74, 6) is 3.57. The van der Waals surface area contributed by atoms with Crippen LogP contribution in [0.2, 0.25) is 0 Å². The van der Waals surface area contributed by atoms with Crippen molar-refractivity contribution >= 4 is 28.3 Å². The molecule has 6 heteroatoms. The maximum atomic E-state index is 10.7. The summed E-state index contributed by atoms with van der Waals surface area (Å²) in [5.41, 5.74) is 1.62. The van der Waals surface area contributed by atoms with E-state index in [9.17, 15) is 10.1 Å². The van der Waals surface area contributed by atoms with Crippen molar-refractivity contribution in [1.82, 2.24) is 4.90 Å². The molecule has 1 saturated heterocycles. The first-order valence-electron chi connectivity index (χ1n) is 5.77. The maximum absolute atomic E-state index is 10.7. The van der Waals surface area contributed by atoms with E-state index in [1.807, 2.05) is 11.8 Å². The molecule has 1 fully saturated rings. The van der Waals surface area contributed by atoms with E-state index in [1.54, 1.807) is 17.8 Å². The van der Waals surface area contributed by atoms with E-state index in [2.05, 4.69) is 10.9 Å². The molecule has 1 aliphatic rings. The van der Waals surface area contributed by atoms with E-state index in [0.29, 0.717) is 6.54 Å². The summed E-state index contributed by atoms with van der Waals surface area (Å²) in [5, 5.41) is 11.6. The van der Waals surface area contributed by atoms with E-state index < -0.39 is 4.92 Å². The quantitative estimate of drug-likeness (QED) is 0.483. The highest BCUT2D eigenvalue weighted by Crippen LogP contribution is 2.27. The fourth-order valence-corrected chi connectivity index (χ4v) is 2.77. The predicted octanol–water partition coefficient (Wildman–Crippen LogP) is 2.57. The smallest absolute Gasteiger partial charge is 0.269 e. The lowest BCUT2D eigenvalue weighted by Gasteiger charge is -2.14. The number of benzene rings is 1. The second-order valence-corrected chi connectivity index (χ2v) is 5.16. The van der Waals surface area contributed by atoms with Crippen molar-refractivity contribution in [3.63, 3.8) is 0 Å². The fraction of sp³-hybridized carbons (Fsp3) is 0.308. The van der Waals surface area contributed by atoms with Gasteiger partial charge in [-0.25, -0.2) is 4.99 Å². The Bertz CT molecular complexity index is 578. The molecule has 0 bridgehead atoms. The highest BCUT2D eigenvalue weighted by Gasteiger charge is 2.19. The van der Waals surface area contributed by atoms with Crippen LogP contribution in [0.25, 0.3) is 0 Å². The molecule has 1 aromatic rings. The van der Waals surface area contributed by atoms with Gasteiger partial charge in [-0.05, 0) is 18.6 Å². The average Bonchev–Trinajstić information content (AvgIpc) is 2.79. The number of nitro benzene ring substituents is 1. The van der Waals surface area contributed by atoms with Gasteiger partial charge in [0.2, 0.25) is 0 Å². The van der Waals surface area contributed by atoms with Gasteiger partial charge in [-0.2, -0.15) is 0 Å². The number of aryl methyl sites for hydroxylation is 1. The van der Waals surface area contributed by atoms with Crippen LogP contribution < -0.4 is 0 Å². The fourth-order valence-electron chi connectivity index (χ4n) is 1.78. The zero-order chi connectivity index (χ0) is 13.8. The summed E-state index contributed by atoms with van der Waals surface area (Å²) >= 11 is 1.65. The molecule has 1 heterocycles. The summed E-state index contributed by atoms with van der Waals surface area (Å²) in [6.45, 7) is 3.25. The average molecular weight is 275 g/mol. The van der Waals surface area contributed by atoms with Gasteiger partial charge in [0.1, 0.15) is 0 Å². The van der Waals surface area contributed by atoms with Gasteiger partial charge in [0.15, 0.2) is 5.17 Å². The lowest BCUT2D eigenvalue weighted by atomic mass is 10.2. The standard InChI is InChI=1S/C13H13N3O2S/c1-3-6-15-7-8-19-13(15)14-12-5-4-11(16(17)18)9-10(12)2/h1,4-5,9H,6-8H2,2H3. The third-order valence-electron chi connectivity index (χ3n) is 2.75. The molecule has 0 amide bonds. The van der Waals surface area contributed by atoms with Crippen molar-refractivity contribution in [1.29, 1.82) is 0 Å². The van der Waals surface area contributed by atoms with E-state index in [0.717, 1.165) is 28.7 Å². The monoisotopic (exact) mass is 275 g/mol. The number of amidine groups is 1. The number of terminal acetylenes is 1. The SMILES string of the molecule is C#CCN1CCSC1=Nc1ccc([N+](=O)[O-])cc1C. The Hall–Kier alpha value is -2.00. The number of hydrogen-bond acceptors (Lipinski definition) is 4. The molecule has 0 radical (unpaired) electrons. The van der Waals surface area contributed by atoms with Crippen LogP contribution in [0.1, 0.15) is 5.56 Å². The lowest BCUT2D eigenvalue weighted by molar-refractivity contribution is -0.384. The molecule has 0 aliphatic carbocycles. The molecule has 2 rings (SSSR count). The summed E-state index contributed by atoms with van der Waals surface area (Å²) < 4.78 is 0. The van der Waals surface area contributed by atoms with Crippen molar-refractivity contribution < 1.29 is 4.92 Å². The molecule has 1 aliphatic heterocycles. The lowest BCUT2D eigenvalue weighted by Crippen LogP contribution is -2.24. The summed E-state index contributed by atoms with van der Waals surface area (Å²) in [6, 6.07) is 4.68. The molecule has 0 N–H and O–H groups in total. The first-order valence-corrected chi connectivity index (χ1v) is 6.75. The first-order chi connectivity index (χ1) is 9.11. The van der Waals surface area contributed by atoms with Gasteiger partial charge in [0.25, 0.3) is 5.69 Å². The summed E-state index contributed by atoms with van der Waals surface area (Å²) in [6.07, 6.45) is 5.32. The number of nitro groups is 1. The van der Waals surface area contributed by atoms with Crippen LogP contribution in [-0.4, -0.2) is 33.8 Å². The molecule has 0 unspecified atom stereocenters. The minimum atomic E-state index is -0.404. The molecular formula is C13H13N3O2S. The van der Waals surface area contributed by atoms with Gasteiger partial charge in [-0.15, -0.1) is 6.42 Å². The molecule has 0 atom stereocenters. The van der Waals surface area contributed by atoms with E-state index >= 15 is 0 Å². The number of rotatable bonds is 3. The Kier molecular flexibility index (Phi) is 4.07. The molecule has 19 heavy (non-hydrogen) atoms. The van der Waals surface area contributed by atoms with E-state index in [1.165, 1.54) is 12.1 Å². The van der Waals surface area contributed by atoms with Crippen molar-refractivity contribution in [2.75, 3.05) is 18.8 Å². The van der Waals surface area contributed by atoms with Crippen LogP contribution in [0.5, 0.6) is 0 Å². The molecule has 0 aromatic heterocycles. The minimum Gasteiger partial charge on any atom is -0.339 e. The van der Waals surface area contributed by atoms with Crippen LogP contribution in [0.3, 0.4) is 0 Å². The predicted molar refractivity (Wildman–Crippen MR) is 77.8 cm³/mol. The van der Waals surface area contributed by atoms with Gasteiger partial charge in [-0.1, -0.05) is 17.7 Å². The van der Waals surface area contributed by atoms with Crippen molar-refractivity contribution in [2.24, 2.45) is 4.99 Å². The number of thioether (sulfide) groups is 1. The molecule has 0 spiro atoms. The Morgan fingerprint density at radius 1 is 1.63 bits per heavy atom. The Morgan fingerprint density at radius 2 is 2.42 bits per heavy atom. The molecule has 0 saturated carbocycles. The third kappa shape index (κ3) is 3.06. The van der Waals surface area contributed by atoms with E-state index in [4.69, 9.17) is 6.42 Å². The third-order valence-corrected chi connectivity index (χ3v) is 3.75. The van der Waals surface area contributed by atoms with Crippen molar-refractivity contribution in [3.8, 4) is 12.3 Å². The maximum Gasteiger partial charge on any atom is 0.269 e. The zero-order valence-electron chi connectivity index (χ0n) is 10.5. The number of nitrogens with zero attached hydrogens (tertiary/aromatic N) is 3. The molecule has 98 valence electrons. The van der Waals surface area contributed by atoms with Gasteiger partial charge in [-0.3, -0.25) is 10.1 Å². The van der Waals surface area contributed by atoms with Gasteiger partial charge in [0.05, 0.1) is 17.2 Å². The normalized spacial score (nSPS) is 16.6. The molecular weight excluding hydrogens is 262 g/mol. The van der Waals surface area contributed by atoms with Gasteiger partial charge in [0, 0.05) is 24.4 Å². The Morgan fingerprint density at radius 3 is 3.05 bits per heavy atom. The van der Waals surface area contributed by atoms with Crippen LogP contribution in [-0.2, 0) is 0 Å². The number of hydrogen-bond donors (Lipinski definition) is 0. The Balaban J connectivity index is 2.28. The zero-order valence-corrected chi connectivity index (χ0v) is 11.3. The van der Waals surface area contributed by atoms with E-state index in [-0.39, 0.29) is 5.69 Å². The van der Waals surface area contributed by atoms with Gasteiger partial charge >= 0.3 is 0 Å². The Labute approximate surface area is 115 Å². The van der Waals surface area contributed by atoms with Crippen LogP contribution in [0.15, 0.2) is 23.2 Å². The minimum absolute atomic E-state index is 0.0843. The molecule has 1 aromatic carbocycles. The highest BCUT2D eigenvalue weighted by molar-refractivity contribution is 8.14. The first kappa shape index (κ1) is 13.4. The number of non-ortho nitro benzene ring substituents is 1. The molecule has 5 nitrogen and oxygen atoms in total. The van der Waals surface area contributed by atoms with Crippen molar-refractivity contribution in [3.05, 3.63) is 33.9 Å². The summed E-state index contributed by atoms with van der Waals surface area (Å²) in [4.78, 5) is 16.9. The van der Waals surface area contributed by atoms with Crippen LogP contribution >= 0.6 is 11.8 Å². The largest absolute Gasteiger partial charge is 0.339 e. The number of aliphatic imine (C=N–C) groups is 1. The second kappa shape index (κ2) is 5.76. The summed E-state index contributed by atoms with van der Waals surface area (Å²) in [7, 11) is 0. The highest BCUT2D eigenvalue weighted by atomic mass is 32.2. The van der Waals surface area contributed by atoms with Crippen LogP contribution in [0, 0.1) is 29.4 Å². The van der Waals surface area contributed by atoms with Gasteiger partial charge < -0.3 is 4.90 Å².